The van der Waals surface area contributed by atoms with Crippen LogP contribution in [-0.4, -0.2) is 67.6 Å². The predicted octanol–water partition coefficient (Wildman–Crippen LogP) is 3.54. The van der Waals surface area contributed by atoms with E-state index in [1.54, 1.807) is 0 Å². The third kappa shape index (κ3) is 6.58. The van der Waals surface area contributed by atoms with Crippen LogP contribution in [0.1, 0.15) is 50.4 Å². The van der Waals surface area contributed by atoms with Gasteiger partial charge in [0.15, 0.2) is 5.96 Å². The lowest BCUT2D eigenvalue weighted by Gasteiger charge is -2.26. The Morgan fingerprint density at radius 3 is 2.70 bits per heavy atom. The van der Waals surface area contributed by atoms with Crippen LogP contribution >= 0.6 is 35.3 Å². The molecule has 0 radical (unpaired) electrons. The van der Waals surface area contributed by atoms with Gasteiger partial charge in [0.25, 0.3) is 0 Å². The number of thiophene rings is 1. The predicted molar refractivity (Wildman–Crippen MR) is 128 cm³/mol. The van der Waals surface area contributed by atoms with Crippen LogP contribution in [0.5, 0.6) is 0 Å². The largest absolute Gasteiger partial charge is 0.357 e. The molecule has 0 bridgehead atoms. The number of likely N-dealkylation sites (tertiary alicyclic amines) is 2. The van der Waals surface area contributed by atoms with Crippen molar-refractivity contribution in [1.29, 1.82) is 0 Å². The highest BCUT2D eigenvalue weighted by Gasteiger charge is 2.25. The van der Waals surface area contributed by atoms with Gasteiger partial charge in [-0.3, -0.25) is 14.8 Å². The van der Waals surface area contributed by atoms with E-state index in [4.69, 9.17) is 4.99 Å². The fourth-order valence-electron chi connectivity index (χ4n) is 4.20. The molecule has 2 unspecified atom stereocenters. The molecule has 2 aliphatic rings. The maximum Gasteiger partial charge on any atom is 0.191 e. The summed E-state index contributed by atoms with van der Waals surface area (Å²) in [5.74, 6) is 0.969. The van der Waals surface area contributed by atoms with Crippen molar-refractivity contribution in [2.24, 2.45) is 4.99 Å². The standard InChI is InChI=1S/C20H35N5S.HI/c1-3-21-20(22-15-17-9-7-13-24(17)4-2)23-16-18(19-10-8-14-26-19)25-11-5-6-12-25;/h8,10,14,17-18H,3-7,9,11-13,15-16H2,1-2H3,(H2,21,22,23);1H. The molecule has 0 aromatic carbocycles. The number of aliphatic imine (C=N–C) groups is 1. The molecular weight excluding hydrogens is 469 g/mol. The summed E-state index contributed by atoms with van der Waals surface area (Å²) in [5.41, 5.74) is 0. The van der Waals surface area contributed by atoms with Crippen molar-refractivity contribution in [2.45, 2.75) is 51.6 Å². The van der Waals surface area contributed by atoms with E-state index < -0.39 is 0 Å². The molecule has 7 heteroatoms. The summed E-state index contributed by atoms with van der Waals surface area (Å²) in [4.78, 5) is 11.6. The Kier molecular flexibility index (Phi) is 10.4. The van der Waals surface area contributed by atoms with Gasteiger partial charge in [-0.1, -0.05) is 13.0 Å². The van der Waals surface area contributed by atoms with Crippen LogP contribution in [0.2, 0.25) is 0 Å². The maximum atomic E-state index is 4.97. The molecule has 2 aliphatic heterocycles. The number of rotatable bonds is 8. The quantitative estimate of drug-likeness (QED) is 0.322. The van der Waals surface area contributed by atoms with Gasteiger partial charge in [0, 0.05) is 24.0 Å². The summed E-state index contributed by atoms with van der Waals surface area (Å²) in [6.07, 6.45) is 5.26. The summed E-state index contributed by atoms with van der Waals surface area (Å²) < 4.78 is 0. The molecule has 1 aromatic heterocycles. The molecule has 2 saturated heterocycles. The molecule has 0 aliphatic carbocycles. The van der Waals surface area contributed by atoms with E-state index in [2.05, 4.69) is 51.8 Å². The minimum absolute atomic E-state index is 0. The third-order valence-electron chi connectivity index (χ3n) is 5.63. The lowest BCUT2D eigenvalue weighted by atomic mass is 10.2. The van der Waals surface area contributed by atoms with Gasteiger partial charge in [-0.15, -0.1) is 35.3 Å². The smallest absolute Gasteiger partial charge is 0.191 e. The van der Waals surface area contributed by atoms with E-state index in [0.717, 1.165) is 32.1 Å². The second-order valence-corrected chi connectivity index (χ2v) is 8.28. The average Bonchev–Trinajstić information content (AvgIpc) is 3.42. The zero-order valence-electron chi connectivity index (χ0n) is 16.8. The van der Waals surface area contributed by atoms with Crippen LogP contribution in [0.15, 0.2) is 22.5 Å². The number of halogens is 1. The van der Waals surface area contributed by atoms with Crippen molar-refractivity contribution in [2.75, 3.05) is 45.8 Å². The lowest BCUT2D eigenvalue weighted by molar-refractivity contribution is 0.254. The molecule has 2 atom stereocenters. The first-order valence-corrected chi connectivity index (χ1v) is 11.2. The molecule has 1 aromatic rings. The molecule has 5 nitrogen and oxygen atoms in total. The van der Waals surface area contributed by atoms with Crippen LogP contribution < -0.4 is 10.6 Å². The molecule has 0 spiro atoms. The Morgan fingerprint density at radius 1 is 1.22 bits per heavy atom. The van der Waals surface area contributed by atoms with Crippen molar-refractivity contribution in [3.05, 3.63) is 22.4 Å². The summed E-state index contributed by atoms with van der Waals surface area (Å²) in [6.45, 7) is 11.9. The number of guanidine groups is 1. The minimum atomic E-state index is 0. The minimum Gasteiger partial charge on any atom is -0.357 e. The van der Waals surface area contributed by atoms with Crippen LogP contribution in [-0.2, 0) is 0 Å². The first-order valence-electron chi connectivity index (χ1n) is 10.4. The SMILES string of the molecule is CCNC(=NCC(c1cccs1)N1CCCC1)NCC1CCCN1CC.I. The van der Waals surface area contributed by atoms with Gasteiger partial charge in [0.1, 0.15) is 0 Å². The zero-order valence-corrected chi connectivity index (χ0v) is 20.0. The molecule has 0 amide bonds. The summed E-state index contributed by atoms with van der Waals surface area (Å²) in [7, 11) is 0. The van der Waals surface area contributed by atoms with Gasteiger partial charge in [-0.05, 0) is 70.2 Å². The van der Waals surface area contributed by atoms with Gasteiger partial charge >= 0.3 is 0 Å². The van der Waals surface area contributed by atoms with Gasteiger partial charge < -0.3 is 10.6 Å². The van der Waals surface area contributed by atoms with E-state index in [9.17, 15) is 0 Å². The van der Waals surface area contributed by atoms with Crippen LogP contribution in [0.25, 0.3) is 0 Å². The molecule has 3 rings (SSSR count). The number of hydrogen-bond donors (Lipinski definition) is 2. The van der Waals surface area contributed by atoms with Crippen molar-refractivity contribution in [3.63, 3.8) is 0 Å². The molecular formula is C20H36IN5S. The molecule has 2 fully saturated rings. The van der Waals surface area contributed by atoms with Crippen molar-refractivity contribution in [3.8, 4) is 0 Å². The van der Waals surface area contributed by atoms with Gasteiger partial charge in [-0.2, -0.15) is 0 Å². The Hall–Kier alpha value is -0.380. The van der Waals surface area contributed by atoms with E-state index in [-0.39, 0.29) is 24.0 Å². The first kappa shape index (κ1) is 22.9. The summed E-state index contributed by atoms with van der Waals surface area (Å²) in [5, 5.41) is 9.22. The fourth-order valence-corrected chi connectivity index (χ4v) is 5.05. The molecule has 3 heterocycles. The Bertz CT molecular complexity index is 545. The maximum absolute atomic E-state index is 4.97. The number of nitrogens with one attached hydrogen (secondary N) is 2. The molecule has 2 N–H and O–H groups in total. The summed E-state index contributed by atoms with van der Waals surface area (Å²) >= 11 is 1.86. The first-order chi connectivity index (χ1) is 12.8. The average molecular weight is 506 g/mol. The number of hydrogen-bond acceptors (Lipinski definition) is 4. The Balaban J connectivity index is 0.00000261. The van der Waals surface area contributed by atoms with Crippen LogP contribution in [0.4, 0.5) is 0 Å². The highest BCUT2D eigenvalue weighted by Crippen LogP contribution is 2.28. The van der Waals surface area contributed by atoms with E-state index in [1.165, 1.54) is 50.2 Å². The Morgan fingerprint density at radius 2 is 2.04 bits per heavy atom. The van der Waals surface area contributed by atoms with Crippen LogP contribution in [0, 0.1) is 0 Å². The fraction of sp³-hybridized carbons (Fsp3) is 0.750. The van der Waals surface area contributed by atoms with Crippen LogP contribution in [0.3, 0.4) is 0 Å². The third-order valence-corrected chi connectivity index (χ3v) is 6.60. The Labute approximate surface area is 186 Å². The second kappa shape index (κ2) is 12.2. The van der Waals surface area contributed by atoms with Crippen molar-refractivity contribution < 1.29 is 0 Å². The molecule has 0 saturated carbocycles. The normalized spacial score (nSPS) is 22.6. The van der Waals surface area contributed by atoms with Crippen molar-refractivity contribution >= 4 is 41.3 Å². The van der Waals surface area contributed by atoms with Gasteiger partial charge in [-0.25, -0.2) is 0 Å². The molecule has 27 heavy (non-hydrogen) atoms. The van der Waals surface area contributed by atoms with Crippen molar-refractivity contribution in [1.82, 2.24) is 20.4 Å². The second-order valence-electron chi connectivity index (χ2n) is 7.30. The topological polar surface area (TPSA) is 42.9 Å². The van der Waals surface area contributed by atoms with E-state index >= 15 is 0 Å². The molecule has 154 valence electrons. The zero-order chi connectivity index (χ0) is 18.2. The van der Waals surface area contributed by atoms with E-state index in [0.29, 0.717) is 12.1 Å². The number of nitrogens with zero attached hydrogens (tertiary/aromatic N) is 3. The van der Waals surface area contributed by atoms with Gasteiger partial charge in [0.05, 0.1) is 12.6 Å². The summed E-state index contributed by atoms with van der Waals surface area (Å²) in [6, 6.07) is 5.50. The highest BCUT2D eigenvalue weighted by molar-refractivity contribution is 14.0. The van der Waals surface area contributed by atoms with Gasteiger partial charge in [0.2, 0.25) is 0 Å². The monoisotopic (exact) mass is 505 g/mol. The van der Waals surface area contributed by atoms with E-state index in [1.807, 2.05) is 11.3 Å². The number of likely N-dealkylation sites (N-methyl/N-ethyl adjacent to an activating group) is 1. The lowest BCUT2D eigenvalue weighted by Crippen LogP contribution is -2.45. The highest BCUT2D eigenvalue weighted by atomic mass is 127.